The van der Waals surface area contributed by atoms with Crippen LogP contribution >= 0.6 is 0 Å². The van der Waals surface area contributed by atoms with Crippen LogP contribution in [0.2, 0.25) is 0 Å². The zero-order valence-corrected chi connectivity index (χ0v) is 11.2. The third kappa shape index (κ3) is 2.73. The van der Waals surface area contributed by atoms with Crippen molar-refractivity contribution in [2.45, 2.75) is 57.6 Å². The molecule has 2 aliphatic rings. The van der Waals surface area contributed by atoms with Crippen LogP contribution in [0.5, 0.6) is 0 Å². The molecule has 0 aromatic carbocycles. The highest BCUT2D eigenvalue weighted by Gasteiger charge is 2.46. The number of nitrogens with zero attached hydrogens (tertiary/aromatic N) is 1. The van der Waals surface area contributed by atoms with Gasteiger partial charge in [0.1, 0.15) is 5.60 Å². The lowest BCUT2D eigenvalue weighted by atomic mass is 9.76. The van der Waals surface area contributed by atoms with Gasteiger partial charge in [0.25, 0.3) is 0 Å². The van der Waals surface area contributed by atoms with E-state index in [4.69, 9.17) is 10.5 Å². The summed E-state index contributed by atoms with van der Waals surface area (Å²) in [7, 11) is 0. The number of ether oxygens (including phenoxy) is 1. The van der Waals surface area contributed by atoms with Crippen LogP contribution in [0, 0.1) is 5.92 Å². The minimum Gasteiger partial charge on any atom is -0.444 e. The molecule has 2 unspecified atom stereocenters. The van der Waals surface area contributed by atoms with Gasteiger partial charge in [0.05, 0.1) is 0 Å². The molecule has 2 N–H and O–H groups in total. The summed E-state index contributed by atoms with van der Waals surface area (Å²) in [5, 5.41) is 0. The normalized spacial score (nSPS) is 33.4. The van der Waals surface area contributed by atoms with Gasteiger partial charge in [-0.3, -0.25) is 0 Å². The Labute approximate surface area is 103 Å². The van der Waals surface area contributed by atoms with E-state index in [1.165, 1.54) is 12.8 Å². The van der Waals surface area contributed by atoms with Crippen LogP contribution in [0.25, 0.3) is 0 Å². The van der Waals surface area contributed by atoms with Gasteiger partial charge in [-0.2, -0.15) is 0 Å². The maximum atomic E-state index is 12.0. The molecule has 2 rings (SSSR count). The Morgan fingerprint density at radius 2 is 2.12 bits per heavy atom. The number of carbonyl (C=O) groups is 1. The van der Waals surface area contributed by atoms with E-state index < -0.39 is 5.60 Å². The number of likely N-dealkylation sites (tertiary alicyclic amines) is 1. The molecule has 4 heteroatoms. The summed E-state index contributed by atoms with van der Waals surface area (Å²) in [6, 6.07) is 0. The zero-order valence-electron chi connectivity index (χ0n) is 11.2. The maximum Gasteiger partial charge on any atom is 0.410 e. The summed E-state index contributed by atoms with van der Waals surface area (Å²) in [5.41, 5.74) is 5.83. The van der Waals surface area contributed by atoms with Crippen LogP contribution in [-0.2, 0) is 4.74 Å². The SMILES string of the molecule is CC(C)(C)OC(=O)N1CC2CCCCC2(N)C1. The Hall–Kier alpha value is -0.770. The van der Waals surface area contributed by atoms with E-state index in [2.05, 4.69) is 0 Å². The molecule has 0 aromatic rings. The van der Waals surface area contributed by atoms with Crippen LogP contribution < -0.4 is 5.73 Å². The third-order valence-electron chi connectivity index (χ3n) is 3.84. The lowest BCUT2D eigenvalue weighted by Crippen LogP contribution is -2.49. The molecule has 1 aliphatic heterocycles. The first-order valence-electron chi connectivity index (χ1n) is 6.57. The number of amides is 1. The van der Waals surface area contributed by atoms with Crippen molar-refractivity contribution in [2.75, 3.05) is 13.1 Å². The number of hydrogen-bond acceptors (Lipinski definition) is 3. The first-order valence-corrected chi connectivity index (χ1v) is 6.57. The predicted octanol–water partition coefficient (Wildman–Crippen LogP) is 2.12. The van der Waals surface area contributed by atoms with Crippen molar-refractivity contribution < 1.29 is 9.53 Å². The summed E-state index contributed by atoms with van der Waals surface area (Å²) in [6.07, 6.45) is 4.41. The minimum absolute atomic E-state index is 0.158. The van der Waals surface area contributed by atoms with Crippen molar-refractivity contribution in [3.05, 3.63) is 0 Å². The Bertz CT molecular complexity index is 311. The summed E-state index contributed by atoms with van der Waals surface area (Å²) in [5.74, 6) is 0.462. The Kier molecular flexibility index (Phi) is 3.10. The van der Waals surface area contributed by atoms with E-state index in [-0.39, 0.29) is 11.6 Å². The van der Waals surface area contributed by atoms with Gasteiger partial charge >= 0.3 is 6.09 Å². The standard InChI is InChI=1S/C13H24N2O2/c1-12(2,3)17-11(16)15-8-10-6-4-5-7-13(10,14)9-15/h10H,4-9,14H2,1-3H3. The molecule has 2 atom stereocenters. The summed E-state index contributed by atoms with van der Waals surface area (Å²) < 4.78 is 5.40. The summed E-state index contributed by atoms with van der Waals surface area (Å²) in [4.78, 5) is 13.8. The highest BCUT2D eigenvalue weighted by Crippen LogP contribution is 2.38. The van der Waals surface area contributed by atoms with Gasteiger partial charge in [0, 0.05) is 18.6 Å². The highest BCUT2D eigenvalue weighted by molar-refractivity contribution is 5.69. The fraction of sp³-hybridized carbons (Fsp3) is 0.923. The Morgan fingerprint density at radius 1 is 1.41 bits per heavy atom. The van der Waals surface area contributed by atoms with Gasteiger partial charge < -0.3 is 15.4 Å². The van der Waals surface area contributed by atoms with E-state index in [9.17, 15) is 4.79 Å². The second-order valence-corrected chi connectivity index (χ2v) is 6.54. The molecule has 17 heavy (non-hydrogen) atoms. The number of rotatable bonds is 0. The Morgan fingerprint density at radius 3 is 2.71 bits per heavy atom. The molecule has 0 aromatic heterocycles. The zero-order chi connectivity index (χ0) is 12.7. The van der Waals surface area contributed by atoms with E-state index in [0.717, 1.165) is 19.4 Å². The fourth-order valence-corrected chi connectivity index (χ4v) is 2.97. The van der Waals surface area contributed by atoms with Crippen LogP contribution in [0.4, 0.5) is 4.79 Å². The monoisotopic (exact) mass is 240 g/mol. The molecule has 98 valence electrons. The number of carbonyl (C=O) groups excluding carboxylic acids is 1. The lowest BCUT2D eigenvalue weighted by molar-refractivity contribution is 0.0281. The molecule has 1 aliphatic carbocycles. The molecule has 2 fully saturated rings. The van der Waals surface area contributed by atoms with E-state index in [1.54, 1.807) is 4.90 Å². The second-order valence-electron chi connectivity index (χ2n) is 6.54. The first kappa shape index (κ1) is 12.7. The van der Waals surface area contributed by atoms with Crippen molar-refractivity contribution in [1.29, 1.82) is 0 Å². The molecule has 1 amide bonds. The quantitative estimate of drug-likeness (QED) is 0.705. The van der Waals surface area contributed by atoms with Crippen LogP contribution in [0.1, 0.15) is 46.5 Å². The number of hydrogen-bond donors (Lipinski definition) is 1. The second kappa shape index (κ2) is 4.16. The van der Waals surface area contributed by atoms with Crippen molar-refractivity contribution in [2.24, 2.45) is 11.7 Å². The van der Waals surface area contributed by atoms with E-state index in [0.29, 0.717) is 12.5 Å². The fourth-order valence-electron chi connectivity index (χ4n) is 2.97. The van der Waals surface area contributed by atoms with E-state index >= 15 is 0 Å². The molecule has 1 saturated heterocycles. The largest absolute Gasteiger partial charge is 0.444 e. The van der Waals surface area contributed by atoms with Crippen molar-refractivity contribution in [1.82, 2.24) is 4.90 Å². The molecule has 1 heterocycles. The molecule has 0 spiro atoms. The van der Waals surface area contributed by atoms with Crippen LogP contribution in [-0.4, -0.2) is 35.2 Å². The molecule has 1 saturated carbocycles. The maximum absolute atomic E-state index is 12.0. The van der Waals surface area contributed by atoms with Gasteiger partial charge in [-0.15, -0.1) is 0 Å². The number of nitrogens with two attached hydrogens (primary N) is 1. The smallest absolute Gasteiger partial charge is 0.410 e. The molecular weight excluding hydrogens is 216 g/mol. The Balaban J connectivity index is 1.99. The van der Waals surface area contributed by atoms with Gasteiger partial charge in [0.2, 0.25) is 0 Å². The van der Waals surface area contributed by atoms with Crippen LogP contribution in [0.15, 0.2) is 0 Å². The highest BCUT2D eigenvalue weighted by atomic mass is 16.6. The third-order valence-corrected chi connectivity index (χ3v) is 3.84. The van der Waals surface area contributed by atoms with Gasteiger partial charge in [-0.25, -0.2) is 4.79 Å². The van der Waals surface area contributed by atoms with Gasteiger partial charge in [-0.05, 0) is 39.5 Å². The van der Waals surface area contributed by atoms with E-state index in [1.807, 2.05) is 20.8 Å². The van der Waals surface area contributed by atoms with Crippen molar-refractivity contribution >= 4 is 6.09 Å². The van der Waals surface area contributed by atoms with Crippen LogP contribution in [0.3, 0.4) is 0 Å². The summed E-state index contributed by atoms with van der Waals surface area (Å²) in [6.45, 7) is 7.11. The van der Waals surface area contributed by atoms with Crippen molar-refractivity contribution in [3.8, 4) is 0 Å². The molecule has 0 bridgehead atoms. The average Bonchev–Trinajstić information content (AvgIpc) is 2.52. The van der Waals surface area contributed by atoms with Gasteiger partial charge in [0.15, 0.2) is 0 Å². The molecule has 4 nitrogen and oxygen atoms in total. The molecule has 0 radical (unpaired) electrons. The first-order chi connectivity index (χ1) is 7.80. The predicted molar refractivity (Wildman–Crippen MR) is 66.7 cm³/mol. The lowest BCUT2D eigenvalue weighted by Gasteiger charge is -2.34. The number of fused-ring (bicyclic) bond motifs is 1. The minimum atomic E-state index is -0.424. The molecular formula is C13H24N2O2. The topological polar surface area (TPSA) is 55.6 Å². The van der Waals surface area contributed by atoms with Crippen molar-refractivity contribution in [3.63, 3.8) is 0 Å². The average molecular weight is 240 g/mol. The summed E-state index contributed by atoms with van der Waals surface area (Å²) >= 11 is 0. The van der Waals surface area contributed by atoms with Gasteiger partial charge in [-0.1, -0.05) is 12.8 Å².